The van der Waals surface area contributed by atoms with E-state index in [2.05, 4.69) is 5.32 Å². The minimum absolute atomic E-state index is 0.0537. The van der Waals surface area contributed by atoms with Gasteiger partial charge in [-0.3, -0.25) is 4.79 Å². The first kappa shape index (κ1) is 16.1. The first-order chi connectivity index (χ1) is 11.6. The second kappa shape index (κ2) is 7.17. The van der Waals surface area contributed by atoms with E-state index in [0.717, 1.165) is 11.1 Å². The zero-order chi connectivity index (χ0) is 16.9. The van der Waals surface area contributed by atoms with E-state index >= 15 is 0 Å². The number of rotatable bonds is 5. The Kier molecular flexibility index (Phi) is 4.79. The molecule has 2 aromatic rings. The number of likely N-dealkylation sites (tertiary alicyclic amines) is 1. The second-order valence-electron chi connectivity index (χ2n) is 5.88. The Morgan fingerprint density at radius 1 is 1.04 bits per heavy atom. The summed E-state index contributed by atoms with van der Waals surface area (Å²) in [7, 11) is 0. The third-order valence-electron chi connectivity index (χ3n) is 4.21. The number of alkyl carbamates (subject to hydrolysis) is 1. The van der Waals surface area contributed by atoms with Crippen molar-refractivity contribution in [2.75, 3.05) is 0 Å². The molecule has 1 saturated heterocycles. The van der Waals surface area contributed by atoms with E-state index in [-0.39, 0.29) is 18.6 Å². The Bertz CT molecular complexity index is 703. The molecular formula is C19H20N2O3. The molecule has 3 rings (SSSR count). The van der Waals surface area contributed by atoms with Crippen molar-refractivity contribution in [2.24, 2.45) is 0 Å². The predicted molar refractivity (Wildman–Crippen MR) is 90.0 cm³/mol. The molecule has 0 aliphatic carbocycles. The van der Waals surface area contributed by atoms with E-state index in [1.165, 1.54) is 0 Å². The van der Waals surface area contributed by atoms with Crippen LogP contribution < -0.4 is 5.32 Å². The number of ether oxygens (including phenoxy) is 1. The third kappa shape index (κ3) is 3.56. The highest BCUT2D eigenvalue weighted by Gasteiger charge is 2.45. The highest BCUT2D eigenvalue weighted by molar-refractivity contribution is 5.92. The van der Waals surface area contributed by atoms with Crippen LogP contribution >= 0.6 is 0 Å². The van der Waals surface area contributed by atoms with Gasteiger partial charge in [0.15, 0.2) is 0 Å². The molecule has 0 spiro atoms. The maximum atomic E-state index is 12.2. The van der Waals surface area contributed by atoms with E-state index < -0.39 is 12.1 Å². The summed E-state index contributed by atoms with van der Waals surface area (Å²) in [6.45, 7) is 2.67. The fraction of sp³-hybridized carbons (Fsp3) is 0.263. The maximum absolute atomic E-state index is 12.2. The summed E-state index contributed by atoms with van der Waals surface area (Å²) in [6.07, 6.45) is -0.566. The first-order valence-corrected chi connectivity index (χ1v) is 7.97. The topological polar surface area (TPSA) is 58.6 Å². The van der Waals surface area contributed by atoms with E-state index in [0.29, 0.717) is 6.54 Å². The van der Waals surface area contributed by atoms with Crippen LogP contribution in [-0.4, -0.2) is 29.0 Å². The van der Waals surface area contributed by atoms with Gasteiger partial charge in [-0.1, -0.05) is 60.7 Å². The molecule has 0 bridgehead atoms. The predicted octanol–water partition coefficient (Wildman–Crippen LogP) is 2.71. The van der Waals surface area contributed by atoms with E-state index in [1.54, 1.807) is 4.90 Å². The number of amides is 2. The molecule has 0 saturated carbocycles. The quantitative estimate of drug-likeness (QED) is 0.860. The van der Waals surface area contributed by atoms with Crippen molar-refractivity contribution in [3.63, 3.8) is 0 Å². The number of hydrogen-bond donors (Lipinski definition) is 1. The molecule has 2 amide bonds. The van der Waals surface area contributed by atoms with Crippen LogP contribution in [-0.2, 0) is 22.7 Å². The highest BCUT2D eigenvalue weighted by atomic mass is 16.5. The van der Waals surface area contributed by atoms with Crippen LogP contribution in [0.1, 0.15) is 18.1 Å². The average Bonchev–Trinajstić information content (AvgIpc) is 2.64. The van der Waals surface area contributed by atoms with Gasteiger partial charge in [0.05, 0.1) is 6.04 Å². The van der Waals surface area contributed by atoms with Crippen LogP contribution in [0.3, 0.4) is 0 Å². The van der Waals surface area contributed by atoms with Gasteiger partial charge in [-0.05, 0) is 18.1 Å². The number of hydrogen-bond acceptors (Lipinski definition) is 3. The average molecular weight is 324 g/mol. The van der Waals surface area contributed by atoms with Gasteiger partial charge >= 0.3 is 6.09 Å². The molecule has 0 radical (unpaired) electrons. The standard InChI is InChI=1S/C19H20N2O3/c1-14-17(18(22)21(14)12-15-8-4-2-5-9-15)20-19(23)24-13-16-10-6-3-7-11-16/h2-11,14,17H,12-13H2,1H3,(H,20,23)/t14-,17+/m1/s1. The van der Waals surface area contributed by atoms with Gasteiger partial charge in [-0.25, -0.2) is 4.79 Å². The number of β-lactam (4-membered cyclic amide) rings is 1. The Hall–Kier alpha value is -2.82. The summed E-state index contributed by atoms with van der Waals surface area (Å²) in [5.74, 6) is -0.0805. The molecule has 1 aliphatic heterocycles. The van der Waals surface area contributed by atoms with Crippen molar-refractivity contribution in [2.45, 2.75) is 32.2 Å². The molecular weight excluding hydrogens is 304 g/mol. The van der Waals surface area contributed by atoms with E-state index in [1.807, 2.05) is 67.6 Å². The Morgan fingerprint density at radius 3 is 2.21 bits per heavy atom. The molecule has 1 fully saturated rings. The minimum atomic E-state index is -0.566. The Morgan fingerprint density at radius 2 is 1.62 bits per heavy atom. The smallest absolute Gasteiger partial charge is 0.408 e. The summed E-state index contributed by atoms with van der Waals surface area (Å²) < 4.78 is 5.16. The minimum Gasteiger partial charge on any atom is -0.445 e. The molecule has 1 heterocycles. The van der Waals surface area contributed by atoms with Crippen LogP contribution in [0, 0.1) is 0 Å². The zero-order valence-electron chi connectivity index (χ0n) is 13.5. The molecule has 2 aromatic carbocycles. The van der Waals surface area contributed by atoms with Crippen molar-refractivity contribution in [3.8, 4) is 0 Å². The normalized spacial score (nSPS) is 19.5. The molecule has 0 aromatic heterocycles. The Balaban J connectivity index is 1.48. The number of carbonyl (C=O) groups excluding carboxylic acids is 2. The molecule has 2 atom stereocenters. The van der Waals surface area contributed by atoms with Crippen LogP contribution in [0.15, 0.2) is 60.7 Å². The van der Waals surface area contributed by atoms with Crippen LogP contribution in [0.2, 0.25) is 0 Å². The number of nitrogens with one attached hydrogen (secondary N) is 1. The van der Waals surface area contributed by atoms with Gasteiger partial charge in [0, 0.05) is 6.54 Å². The summed E-state index contributed by atoms with van der Waals surface area (Å²) in [6, 6.07) is 18.7. The van der Waals surface area contributed by atoms with Gasteiger partial charge in [0.2, 0.25) is 5.91 Å². The van der Waals surface area contributed by atoms with Gasteiger partial charge < -0.3 is 15.0 Å². The SMILES string of the molecule is C[C@@H]1[C@H](NC(=O)OCc2ccccc2)C(=O)N1Cc1ccccc1. The highest BCUT2D eigenvalue weighted by Crippen LogP contribution is 2.22. The van der Waals surface area contributed by atoms with Crippen LogP contribution in [0.25, 0.3) is 0 Å². The summed E-state index contributed by atoms with van der Waals surface area (Å²) in [4.78, 5) is 25.9. The molecule has 1 N–H and O–H groups in total. The second-order valence-corrected chi connectivity index (χ2v) is 5.88. The van der Waals surface area contributed by atoms with Crippen molar-refractivity contribution in [1.29, 1.82) is 0 Å². The van der Waals surface area contributed by atoms with Gasteiger partial charge in [0.25, 0.3) is 0 Å². The molecule has 5 nitrogen and oxygen atoms in total. The van der Waals surface area contributed by atoms with Crippen molar-refractivity contribution in [3.05, 3.63) is 71.8 Å². The number of nitrogens with zero attached hydrogens (tertiary/aromatic N) is 1. The van der Waals surface area contributed by atoms with Gasteiger partial charge in [-0.2, -0.15) is 0 Å². The fourth-order valence-corrected chi connectivity index (χ4v) is 2.76. The third-order valence-corrected chi connectivity index (χ3v) is 4.21. The lowest BCUT2D eigenvalue weighted by Crippen LogP contribution is -2.69. The fourth-order valence-electron chi connectivity index (χ4n) is 2.76. The number of carbonyl (C=O) groups is 2. The Labute approximate surface area is 141 Å². The number of benzene rings is 2. The monoisotopic (exact) mass is 324 g/mol. The lowest BCUT2D eigenvalue weighted by atomic mass is 9.96. The summed E-state index contributed by atoms with van der Waals surface area (Å²) in [5.41, 5.74) is 1.98. The van der Waals surface area contributed by atoms with Crippen molar-refractivity contribution >= 4 is 12.0 Å². The van der Waals surface area contributed by atoms with E-state index in [4.69, 9.17) is 4.74 Å². The van der Waals surface area contributed by atoms with E-state index in [9.17, 15) is 9.59 Å². The lowest BCUT2D eigenvalue weighted by Gasteiger charge is -2.45. The zero-order valence-corrected chi connectivity index (χ0v) is 13.5. The van der Waals surface area contributed by atoms with Crippen LogP contribution in [0.5, 0.6) is 0 Å². The summed E-state index contributed by atoms with van der Waals surface area (Å²) in [5, 5.41) is 2.65. The lowest BCUT2D eigenvalue weighted by molar-refractivity contribution is -0.150. The summed E-state index contributed by atoms with van der Waals surface area (Å²) >= 11 is 0. The molecule has 5 heteroatoms. The van der Waals surface area contributed by atoms with Crippen LogP contribution in [0.4, 0.5) is 4.79 Å². The molecule has 24 heavy (non-hydrogen) atoms. The molecule has 124 valence electrons. The van der Waals surface area contributed by atoms with Crippen molar-refractivity contribution in [1.82, 2.24) is 10.2 Å². The van der Waals surface area contributed by atoms with Crippen molar-refractivity contribution < 1.29 is 14.3 Å². The van der Waals surface area contributed by atoms with Gasteiger partial charge in [0.1, 0.15) is 12.6 Å². The maximum Gasteiger partial charge on any atom is 0.408 e. The first-order valence-electron chi connectivity index (χ1n) is 7.97. The largest absolute Gasteiger partial charge is 0.445 e. The van der Waals surface area contributed by atoms with Gasteiger partial charge in [-0.15, -0.1) is 0 Å². The molecule has 1 aliphatic rings. The molecule has 0 unspecified atom stereocenters.